The number of aromatic nitrogens is 2. The number of hydrogen-bond acceptors (Lipinski definition) is 2. The predicted molar refractivity (Wildman–Crippen MR) is 71.4 cm³/mol. The fourth-order valence-electron chi connectivity index (χ4n) is 1.74. The highest BCUT2D eigenvalue weighted by molar-refractivity contribution is 6.36. The van der Waals surface area contributed by atoms with E-state index in [2.05, 4.69) is 17.3 Å². The van der Waals surface area contributed by atoms with Gasteiger partial charge < -0.3 is 5.32 Å². The summed E-state index contributed by atoms with van der Waals surface area (Å²) in [6, 6.07) is 3.91. The lowest BCUT2D eigenvalue weighted by atomic mass is 10.1. The maximum absolute atomic E-state index is 6.13. The van der Waals surface area contributed by atoms with Crippen molar-refractivity contribution in [3.63, 3.8) is 0 Å². The maximum atomic E-state index is 6.13. The molecule has 4 heteroatoms. The van der Waals surface area contributed by atoms with E-state index in [0.717, 1.165) is 21.7 Å². The van der Waals surface area contributed by atoms with E-state index >= 15 is 0 Å². The normalized spacial score (nSPS) is 9.88. The van der Waals surface area contributed by atoms with E-state index in [1.165, 1.54) is 5.56 Å². The Morgan fingerprint density at radius 3 is 2.50 bits per heavy atom. The van der Waals surface area contributed by atoms with Crippen molar-refractivity contribution in [2.24, 2.45) is 7.05 Å². The number of halogens is 1. The summed E-state index contributed by atoms with van der Waals surface area (Å²) in [4.78, 5) is 0. The molecule has 0 unspecified atom stereocenters. The Bertz CT molecular complexity index is 488. The molecule has 1 aromatic heterocycles. The Hall–Kier alpha value is -1.22. The molecule has 2 rings (SSSR count). The standard InChI is InChI=1S/C10H12ClN3.C2H6/c1-6-4-5-7(11)8-9(6)14(3)13-10(8)12-2;1-2/h4-5H,1-3H3,(H,12,13);1-2H3. The number of aryl methyl sites for hydroxylation is 2. The second-order valence-corrected chi connectivity index (χ2v) is 3.72. The van der Waals surface area contributed by atoms with Crippen LogP contribution in [0.4, 0.5) is 5.82 Å². The molecule has 0 radical (unpaired) electrons. The molecule has 3 nitrogen and oxygen atoms in total. The highest BCUT2D eigenvalue weighted by Gasteiger charge is 2.12. The lowest BCUT2D eigenvalue weighted by molar-refractivity contribution is 0.797. The second kappa shape index (κ2) is 5.21. The Morgan fingerprint density at radius 1 is 1.31 bits per heavy atom. The zero-order valence-corrected chi connectivity index (χ0v) is 11.2. The van der Waals surface area contributed by atoms with Crippen LogP contribution in [-0.4, -0.2) is 16.8 Å². The molecule has 16 heavy (non-hydrogen) atoms. The Kier molecular flexibility index (Phi) is 4.19. The SMILES string of the molecule is CC.CNc1nn(C)c2c(C)ccc(Cl)c12. The van der Waals surface area contributed by atoms with Crippen molar-refractivity contribution in [3.8, 4) is 0 Å². The van der Waals surface area contributed by atoms with Crippen molar-refractivity contribution in [2.75, 3.05) is 12.4 Å². The Morgan fingerprint density at radius 2 is 1.94 bits per heavy atom. The topological polar surface area (TPSA) is 29.9 Å². The van der Waals surface area contributed by atoms with Gasteiger partial charge in [-0.25, -0.2) is 0 Å². The summed E-state index contributed by atoms with van der Waals surface area (Å²) >= 11 is 6.13. The third kappa shape index (κ3) is 2.00. The molecule has 1 heterocycles. The first-order chi connectivity index (χ1) is 7.65. The van der Waals surface area contributed by atoms with E-state index in [0.29, 0.717) is 0 Å². The quantitative estimate of drug-likeness (QED) is 0.824. The second-order valence-electron chi connectivity index (χ2n) is 3.31. The summed E-state index contributed by atoms with van der Waals surface area (Å²) in [5, 5.41) is 9.13. The third-order valence-electron chi connectivity index (χ3n) is 2.38. The van der Waals surface area contributed by atoms with Gasteiger partial charge in [0.05, 0.1) is 15.9 Å². The van der Waals surface area contributed by atoms with Crippen LogP contribution in [0.5, 0.6) is 0 Å². The molecule has 0 bridgehead atoms. The minimum atomic E-state index is 0.739. The molecule has 0 fully saturated rings. The molecule has 0 aliphatic rings. The number of rotatable bonds is 1. The molecule has 1 N–H and O–H groups in total. The van der Waals surface area contributed by atoms with Crippen molar-refractivity contribution in [3.05, 3.63) is 22.7 Å². The average Bonchev–Trinajstić information content (AvgIpc) is 2.65. The van der Waals surface area contributed by atoms with Crippen LogP contribution in [0.25, 0.3) is 10.9 Å². The number of fused-ring (bicyclic) bond motifs is 1. The van der Waals surface area contributed by atoms with E-state index in [-0.39, 0.29) is 0 Å². The molecular formula is C12H18ClN3. The van der Waals surface area contributed by atoms with Gasteiger partial charge in [0, 0.05) is 14.1 Å². The molecule has 0 aliphatic heterocycles. The maximum Gasteiger partial charge on any atom is 0.157 e. The van der Waals surface area contributed by atoms with Crippen molar-refractivity contribution < 1.29 is 0 Å². The van der Waals surface area contributed by atoms with Crippen LogP contribution < -0.4 is 5.32 Å². The molecule has 88 valence electrons. The minimum absolute atomic E-state index is 0.739. The summed E-state index contributed by atoms with van der Waals surface area (Å²) in [5.74, 6) is 0.830. The van der Waals surface area contributed by atoms with Crippen molar-refractivity contribution in [1.29, 1.82) is 0 Å². The Balaban J connectivity index is 0.000000606. The fourth-order valence-corrected chi connectivity index (χ4v) is 1.98. The highest BCUT2D eigenvalue weighted by Crippen LogP contribution is 2.31. The first-order valence-electron chi connectivity index (χ1n) is 5.44. The molecule has 0 saturated heterocycles. The molecule has 0 aliphatic carbocycles. The first kappa shape index (κ1) is 12.8. The number of hydrogen-bond donors (Lipinski definition) is 1. The van der Waals surface area contributed by atoms with Gasteiger partial charge in [-0.2, -0.15) is 5.10 Å². The van der Waals surface area contributed by atoms with Crippen LogP contribution in [0.3, 0.4) is 0 Å². The van der Waals surface area contributed by atoms with Gasteiger partial charge in [-0.3, -0.25) is 4.68 Å². The number of benzene rings is 1. The number of anilines is 1. The zero-order valence-electron chi connectivity index (χ0n) is 10.4. The van der Waals surface area contributed by atoms with Crippen LogP contribution in [0.1, 0.15) is 19.4 Å². The van der Waals surface area contributed by atoms with Crippen LogP contribution in [-0.2, 0) is 7.05 Å². The minimum Gasteiger partial charge on any atom is -0.371 e. The van der Waals surface area contributed by atoms with Crippen molar-refractivity contribution in [1.82, 2.24) is 9.78 Å². The Labute approximate surface area is 101 Å². The van der Waals surface area contributed by atoms with E-state index in [1.807, 2.05) is 44.8 Å². The van der Waals surface area contributed by atoms with Gasteiger partial charge in [-0.1, -0.05) is 31.5 Å². The highest BCUT2D eigenvalue weighted by atomic mass is 35.5. The van der Waals surface area contributed by atoms with Gasteiger partial charge in [-0.05, 0) is 18.6 Å². The molecule has 0 spiro atoms. The largest absolute Gasteiger partial charge is 0.371 e. The summed E-state index contributed by atoms with van der Waals surface area (Å²) in [5.41, 5.74) is 2.27. The average molecular weight is 240 g/mol. The molecule has 0 saturated carbocycles. The molecule has 2 aromatic rings. The van der Waals surface area contributed by atoms with Crippen LogP contribution in [0.15, 0.2) is 12.1 Å². The van der Waals surface area contributed by atoms with E-state index in [9.17, 15) is 0 Å². The van der Waals surface area contributed by atoms with Gasteiger partial charge >= 0.3 is 0 Å². The zero-order chi connectivity index (χ0) is 12.3. The van der Waals surface area contributed by atoms with E-state index in [4.69, 9.17) is 11.6 Å². The van der Waals surface area contributed by atoms with Gasteiger partial charge in [0.2, 0.25) is 0 Å². The monoisotopic (exact) mass is 239 g/mol. The lowest BCUT2D eigenvalue weighted by Crippen LogP contribution is -1.93. The number of nitrogens with zero attached hydrogens (tertiary/aromatic N) is 2. The fraction of sp³-hybridized carbons (Fsp3) is 0.417. The first-order valence-corrected chi connectivity index (χ1v) is 5.82. The summed E-state index contributed by atoms with van der Waals surface area (Å²) in [7, 11) is 3.77. The van der Waals surface area contributed by atoms with Crippen molar-refractivity contribution >= 4 is 28.3 Å². The van der Waals surface area contributed by atoms with Crippen molar-refractivity contribution in [2.45, 2.75) is 20.8 Å². The van der Waals surface area contributed by atoms with E-state index < -0.39 is 0 Å². The third-order valence-corrected chi connectivity index (χ3v) is 2.69. The molecule has 0 amide bonds. The molecule has 1 aromatic carbocycles. The molecule has 0 atom stereocenters. The van der Waals surface area contributed by atoms with Gasteiger partial charge in [0.25, 0.3) is 0 Å². The van der Waals surface area contributed by atoms with Gasteiger partial charge in [0.1, 0.15) is 0 Å². The summed E-state index contributed by atoms with van der Waals surface area (Å²) < 4.78 is 1.85. The number of nitrogens with one attached hydrogen (secondary N) is 1. The van der Waals surface area contributed by atoms with Crippen LogP contribution in [0, 0.1) is 6.92 Å². The summed E-state index contributed by atoms with van der Waals surface area (Å²) in [6.45, 7) is 6.06. The smallest absolute Gasteiger partial charge is 0.157 e. The van der Waals surface area contributed by atoms with Crippen LogP contribution in [0.2, 0.25) is 5.02 Å². The van der Waals surface area contributed by atoms with E-state index in [1.54, 1.807) is 0 Å². The summed E-state index contributed by atoms with van der Waals surface area (Å²) in [6.07, 6.45) is 0. The van der Waals surface area contributed by atoms with Gasteiger partial charge in [0.15, 0.2) is 5.82 Å². The molecular weight excluding hydrogens is 222 g/mol. The van der Waals surface area contributed by atoms with Gasteiger partial charge in [-0.15, -0.1) is 0 Å². The lowest BCUT2D eigenvalue weighted by Gasteiger charge is -2.00. The van der Waals surface area contributed by atoms with Crippen LogP contribution >= 0.6 is 11.6 Å². The predicted octanol–water partition coefficient (Wildman–Crippen LogP) is 3.60.